The summed E-state index contributed by atoms with van der Waals surface area (Å²) in [4.78, 5) is 14.4. The lowest BCUT2D eigenvalue weighted by atomic mass is 9.99. The lowest BCUT2D eigenvalue weighted by Crippen LogP contribution is -2.47. The molecule has 6 nitrogen and oxygen atoms in total. The highest BCUT2D eigenvalue weighted by molar-refractivity contribution is 5.88. The van der Waals surface area contributed by atoms with Crippen LogP contribution in [0.25, 0.3) is 0 Å². The number of piperidine rings is 1. The number of aryl methyl sites for hydroxylation is 2. The molecule has 2 N–H and O–H groups in total. The fraction of sp³-hybridized carbons (Fsp3) is 0.733. The molecular weight excluding hydrogens is 266 g/mol. The monoisotopic (exact) mass is 293 g/mol. The number of urea groups is 1. The molecule has 0 spiro atoms. The second kappa shape index (κ2) is 6.93. The summed E-state index contributed by atoms with van der Waals surface area (Å²) in [5.41, 5.74) is 0.892. The number of carbonyl (C=O) groups excluding carboxylic acids is 1. The summed E-state index contributed by atoms with van der Waals surface area (Å²) in [7, 11) is 1.82. The van der Waals surface area contributed by atoms with E-state index >= 15 is 0 Å². The first-order chi connectivity index (χ1) is 9.95. The van der Waals surface area contributed by atoms with Gasteiger partial charge in [0, 0.05) is 32.2 Å². The molecule has 21 heavy (non-hydrogen) atoms. The van der Waals surface area contributed by atoms with Crippen LogP contribution >= 0.6 is 0 Å². The van der Waals surface area contributed by atoms with E-state index in [1.165, 1.54) is 12.8 Å². The summed E-state index contributed by atoms with van der Waals surface area (Å²) in [6.45, 7) is 9.30. The Balaban J connectivity index is 1.77. The number of aromatic nitrogens is 2. The number of hydrogen-bond acceptors (Lipinski definition) is 3. The molecule has 0 bridgehead atoms. The Morgan fingerprint density at radius 3 is 2.95 bits per heavy atom. The van der Waals surface area contributed by atoms with Gasteiger partial charge < -0.3 is 5.32 Å². The molecule has 0 aromatic carbocycles. The van der Waals surface area contributed by atoms with E-state index in [2.05, 4.69) is 34.5 Å². The first-order valence-electron chi connectivity index (χ1n) is 7.75. The molecule has 6 heteroatoms. The van der Waals surface area contributed by atoms with Gasteiger partial charge in [-0.05, 0) is 39.2 Å². The molecule has 1 fully saturated rings. The van der Waals surface area contributed by atoms with Crippen molar-refractivity contribution < 1.29 is 4.79 Å². The summed E-state index contributed by atoms with van der Waals surface area (Å²) in [6.07, 6.45) is 2.57. The van der Waals surface area contributed by atoms with E-state index in [1.807, 2.05) is 20.0 Å². The normalized spacial score (nSPS) is 21.0. The number of likely N-dealkylation sites (tertiary alicyclic amines) is 1. The van der Waals surface area contributed by atoms with Crippen molar-refractivity contribution in [3.63, 3.8) is 0 Å². The molecule has 118 valence electrons. The van der Waals surface area contributed by atoms with Crippen LogP contribution in [0.4, 0.5) is 10.6 Å². The number of nitrogens with one attached hydrogen (secondary N) is 2. The number of carbonyl (C=O) groups is 1. The largest absolute Gasteiger partial charge is 0.336 e. The van der Waals surface area contributed by atoms with Crippen LogP contribution in [0.1, 0.15) is 32.4 Å². The molecule has 2 heterocycles. The van der Waals surface area contributed by atoms with E-state index in [4.69, 9.17) is 0 Å². The zero-order valence-electron chi connectivity index (χ0n) is 13.5. The third-order valence-electron chi connectivity index (χ3n) is 4.11. The third kappa shape index (κ3) is 4.46. The summed E-state index contributed by atoms with van der Waals surface area (Å²) in [5.74, 6) is 1.47. The Kier molecular flexibility index (Phi) is 5.22. The van der Waals surface area contributed by atoms with Crippen molar-refractivity contribution in [3.8, 4) is 0 Å². The summed E-state index contributed by atoms with van der Waals surface area (Å²) in [6, 6.07) is 2.05. The first kappa shape index (κ1) is 15.8. The van der Waals surface area contributed by atoms with Gasteiger partial charge in [0.1, 0.15) is 5.82 Å². The summed E-state index contributed by atoms with van der Waals surface area (Å²) >= 11 is 0. The van der Waals surface area contributed by atoms with Crippen LogP contribution < -0.4 is 10.6 Å². The molecule has 2 amide bonds. The van der Waals surface area contributed by atoms with Crippen LogP contribution in [0, 0.1) is 12.8 Å². The zero-order chi connectivity index (χ0) is 15.4. The van der Waals surface area contributed by atoms with Gasteiger partial charge in [-0.25, -0.2) is 4.79 Å². The minimum absolute atomic E-state index is 0.171. The Hall–Kier alpha value is -1.56. The predicted octanol–water partition coefficient (Wildman–Crippen LogP) is 1.97. The maximum atomic E-state index is 11.9. The van der Waals surface area contributed by atoms with Gasteiger partial charge >= 0.3 is 6.03 Å². The van der Waals surface area contributed by atoms with E-state index in [-0.39, 0.29) is 6.03 Å². The number of rotatable bonds is 4. The Morgan fingerprint density at radius 2 is 2.33 bits per heavy atom. The van der Waals surface area contributed by atoms with Gasteiger partial charge in [0.05, 0.1) is 5.69 Å². The summed E-state index contributed by atoms with van der Waals surface area (Å²) < 4.78 is 1.67. The lowest BCUT2D eigenvalue weighted by molar-refractivity contribution is 0.138. The quantitative estimate of drug-likeness (QED) is 0.892. The molecule has 1 aromatic heterocycles. The molecule has 2 rings (SSSR count). The van der Waals surface area contributed by atoms with Crippen LogP contribution in [0.2, 0.25) is 0 Å². The number of amides is 2. The molecule has 1 aromatic rings. The third-order valence-corrected chi connectivity index (χ3v) is 4.11. The fourth-order valence-electron chi connectivity index (χ4n) is 2.88. The average Bonchev–Trinajstić information content (AvgIpc) is 2.74. The Labute approximate surface area is 126 Å². The van der Waals surface area contributed by atoms with Crippen LogP contribution in [0.15, 0.2) is 6.07 Å². The number of hydrogen-bond donors (Lipinski definition) is 2. The molecule has 1 aliphatic heterocycles. The maximum absolute atomic E-state index is 11.9. The molecule has 0 radical (unpaired) electrons. The minimum Gasteiger partial charge on any atom is -0.336 e. The van der Waals surface area contributed by atoms with E-state index in [9.17, 15) is 4.79 Å². The topological polar surface area (TPSA) is 62.2 Å². The van der Waals surface area contributed by atoms with E-state index in [1.54, 1.807) is 4.68 Å². The highest BCUT2D eigenvalue weighted by Gasteiger charge is 2.21. The van der Waals surface area contributed by atoms with Crippen LogP contribution in [-0.2, 0) is 7.05 Å². The van der Waals surface area contributed by atoms with Crippen molar-refractivity contribution in [2.24, 2.45) is 13.0 Å². The van der Waals surface area contributed by atoms with Crippen molar-refractivity contribution in [2.45, 2.75) is 39.7 Å². The van der Waals surface area contributed by atoms with Crippen molar-refractivity contribution in [2.75, 3.05) is 25.0 Å². The molecule has 0 aliphatic carbocycles. The number of nitrogens with zero attached hydrogens (tertiary/aromatic N) is 3. The van der Waals surface area contributed by atoms with Crippen molar-refractivity contribution >= 4 is 11.8 Å². The van der Waals surface area contributed by atoms with Crippen LogP contribution in [-0.4, -0.2) is 46.4 Å². The molecule has 2 atom stereocenters. The van der Waals surface area contributed by atoms with Gasteiger partial charge in [-0.15, -0.1) is 0 Å². The van der Waals surface area contributed by atoms with Gasteiger partial charge in [0.15, 0.2) is 0 Å². The van der Waals surface area contributed by atoms with E-state index in [0.29, 0.717) is 18.4 Å². The standard InChI is InChI=1S/C15H27N5O/c1-11-6-5-7-20(10-11)13(3)9-16-15(21)17-14-8-12(2)18-19(14)4/h8,11,13H,5-7,9-10H2,1-4H3,(H2,16,17,21)/t11-,13-/m1/s1. The highest BCUT2D eigenvalue weighted by Crippen LogP contribution is 2.17. The highest BCUT2D eigenvalue weighted by atomic mass is 16.2. The minimum atomic E-state index is -0.171. The van der Waals surface area contributed by atoms with Gasteiger partial charge in [0.25, 0.3) is 0 Å². The average molecular weight is 293 g/mol. The second-order valence-electron chi connectivity index (χ2n) is 6.22. The Morgan fingerprint density at radius 1 is 1.57 bits per heavy atom. The van der Waals surface area contributed by atoms with Crippen LogP contribution in [0.3, 0.4) is 0 Å². The zero-order valence-corrected chi connectivity index (χ0v) is 13.5. The van der Waals surface area contributed by atoms with Crippen molar-refractivity contribution in [1.82, 2.24) is 20.0 Å². The van der Waals surface area contributed by atoms with Gasteiger partial charge in [-0.3, -0.25) is 14.9 Å². The predicted molar refractivity (Wildman–Crippen MR) is 84.4 cm³/mol. The summed E-state index contributed by atoms with van der Waals surface area (Å²) in [5, 5.41) is 9.98. The van der Waals surface area contributed by atoms with Crippen molar-refractivity contribution in [3.05, 3.63) is 11.8 Å². The molecule has 1 aliphatic rings. The molecule has 0 saturated carbocycles. The molecule has 1 saturated heterocycles. The fourth-order valence-corrected chi connectivity index (χ4v) is 2.88. The van der Waals surface area contributed by atoms with Gasteiger partial charge in [-0.2, -0.15) is 5.10 Å². The second-order valence-corrected chi connectivity index (χ2v) is 6.22. The van der Waals surface area contributed by atoms with E-state index in [0.717, 1.165) is 24.7 Å². The van der Waals surface area contributed by atoms with Crippen molar-refractivity contribution in [1.29, 1.82) is 0 Å². The van der Waals surface area contributed by atoms with E-state index < -0.39 is 0 Å². The number of anilines is 1. The van der Waals surface area contributed by atoms with Gasteiger partial charge in [-0.1, -0.05) is 6.92 Å². The maximum Gasteiger partial charge on any atom is 0.320 e. The molecular formula is C15H27N5O. The Bertz CT molecular complexity index is 484. The lowest BCUT2D eigenvalue weighted by Gasteiger charge is -2.35. The van der Waals surface area contributed by atoms with Crippen LogP contribution in [0.5, 0.6) is 0 Å². The smallest absolute Gasteiger partial charge is 0.320 e. The first-order valence-corrected chi connectivity index (χ1v) is 7.75. The molecule has 0 unspecified atom stereocenters. The van der Waals surface area contributed by atoms with Gasteiger partial charge in [0.2, 0.25) is 0 Å². The SMILES string of the molecule is Cc1cc(NC(=O)NC[C@@H](C)N2CCC[C@@H](C)C2)n(C)n1.